The molecule has 0 aliphatic rings. The molecule has 0 bridgehead atoms. The maximum atomic E-state index is 9.49. The average Bonchev–Trinajstić information content (AvgIpc) is 3.26. The molecule has 5 N–H and O–H groups in total. The van der Waals surface area contributed by atoms with E-state index in [9.17, 15) is 5.11 Å². The van der Waals surface area contributed by atoms with Crippen molar-refractivity contribution in [2.45, 2.75) is 13.8 Å². The number of aromatic hydroxyl groups is 1. The van der Waals surface area contributed by atoms with Crippen LogP contribution in [0.3, 0.4) is 0 Å². The summed E-state index contributed by atoms with van der Waals surface area (Å²) in [6.45, 7) is 3.87. The molecule has 3 heterocycles. The summed E-state index contributed by atoms with van der Waals surface area (Å²) < 4.78 is 7.38. The Balaban J connectivity index is 0.000000131. The molecule has 0 spiro atoms. The predicted octanol–water partition coefficient (Wildman–Crippen LogP) is 4.22. The number of hydrogen-bond donors (Lipinski definition) is 3. The lowest BCUT2D eigenvalue weighted by atomic mass is 10.3. The number of fused-ring (bicyclic) bond motifs is 4. The van der Waals surface area contributed by atoms with Crippen LogP contribution in [0.1, 0.15) is 10.0 Å². The first kappa shape index (κ1) is 16.6. The van der Waals surface area contributed by atoms with E-state index in [-0.39, 0.29) is 11.8 Å². The summed E-state index contributed by atoms with van der Waals surface area (Å²) in [7, 11) is 0. The van der Waals surface area contributed by atoms with Gasteiger partial charge in [-0.05, 0) is 38.1 Å². The van der Waals surface area contributed by atoms with Gasteiger partial charge in [0.05, 0.1) is 25.1 Å². The first-order valence-corrected chi connectivity index (χ1v) is 9.32. The van der Waals surface area contributed by atoms with Crippen molar-refractivity contribution in [2.24, 2.45) is 0 Å². The number of aryl methyl sites for hydroxylation is 2. The van der Waals surface area contributed by atoms with Gasteiger partial charge in [-0.3, -0.25) is 0 Å². The van der Waals surface area contributed by atoms with Crippen LogP contribution in [-0.2, 0) is 0 Å². The lowest BCUT2D eigenvalue weighted by Crippen LogP contribution is -1.84. The zero-order chi connectivity index (χ0) is 18.4. The SMILES string of the molecule is Cc1nc2c(O)c(N)ccc2s1.Cc1nc2c(ccc3nc(N)oc32)s1. The van der Waals surface area contributed by atoms with Gasteiger partial charge in [-0.15, -0.1) is 22.7 Å². The van der Waals surface area contributed by atoms with E-state index in [0.717, 1.165) is 30.4 Å². The number of benzene rings is 2. The van der Waals surface area contributed by atoms with Gasteiger partial charge in [-0.1, -0.05) is 0 Å². The topological polar surface area (TPSA) is 124 Å². The minimum absolute atomic E-state index is 0.0943. The molecule has 26 heavy (non-hydrogen) atoms. The summed E-state index contributed by atoms with van der Waals surface area (Å²) in [5.41, 5.74) is 14.3. The van der Waals surface area contributed by atoms with Crippen molar-refractivity contribution in [2.75, 3.05) is 11.5 Å². The summed E-state index contributed by atoms with van der Waals surface area (Å²) >= 11 is 3.18. The Labute approximate surface area is 155 Å². The fraction of sp³-hybridized carbons (Fsp3) is 0.118. The quantitative estimate of drug-likeness (QED) is 0.269. The molecule has 0 saturated heterocycles. The zero-order valence-electron chi connectivity index (χ0n) is 14.0. The second kappa shape index (κ2) is 6.11. The third-order valence-corrected chi connectivity index (χ3v) is 5.58. The van der Waals surface area contributed by atoms with Crippen molar-refractivity contribution < 1.29 is 9.52 Å². The van der Waals surface area contributed by atoms with Crippen LogP contribution in [0.15, 0.2) is 28.7 Å². The van der Waals surface area contributed by atoms with Crippen molar-refractivity contribution >= 4 is 65.9 Å². The molecule has 0 saturated carbocycles. The molecule has 0 aliphatic carbocycles. The van der Waals surface area contributed by atoms with Gasteiger partial charge >= 0.3 is 0 Å². The molecule has 0 atom stereocenters. The van der Waals surface area contributed by atoms with Gasteiger partial charge in [0.2, 0.25) is 0 Å². The molecular formula is C17H15N5O2S2. The van der Waals surface area contributed by atoms with E-state index in [4.69, 9.17) is 15.9 Å². The van der Waals surface area contributed by atoms with E-state index in [0.29, 0.717) is 16.8 Å². The number of aromatic nitrogens is 3. The van der Waals surface area contributed by atoms with Crippen LogP contribution in [0.5, 0.6) is 5.75 Å². The second-order valence-corrected chi connectivity index (χ2v) is 8.10. The maximum Gasteiger partial charge on any atom is 0.293 e. The molecule has 7 nitrogen and oxygen atoms in total. The largest absolute Gasteiger partial charge is 0.504 e. The van der Waals surface area contributed by atoms with Gasteiger partial charge in [-0.2, -0.15) is 4.98 Å². The lowest BCUT2D eigenvalue weighted by molar-refractivity contribution is 0.483. The highest BCUT2D eigenvalue weighted by Gasteiger charge is 2.10. The van der Waals surface area contributed by atoms with Crippen LogP contribution in [-0.4, -0.2) is 20.1 Å². The number of nitrogens with two attached hydrogens (primary N) is 2. The molecule has 0 amide bonds. The number of nitrogens with zero attached hydrogens (tertiary/aromatic N) is 3. The van der Waals surface area contributed by atoms with Gasteiger partial charge in [0.1, 0.15) is 16.6 Å². The first-order chi connectivity index (χ1) is 12.4. The van der Waals surface area contributed by atoms with Gasteiger partial charge in [0.25, 0.3) is 6.01 Å². The molecule has 0 radical (unpaired) electrons. The number of hydrogen-bond acceptors (Lipinski definition) is 9. The Morgan fingerprint density at radius 1 is 0.885 bits per heavy atom. The Bertz CT molecular complexity index is 1200. The van der Waals surface area contributed by atoms with E-state index in [1.54, 1.807) is 28.7 Å². The summed E-state index contributed by atoms with van der Waals surface area (Å²) in [6, 6.07) is 7.64. The average molecular weight is 385 g/mol. The Morgan fingerprint density at radius 2 is 1.50 bits per heavy atom. The van der Waals surface area contributed by atoms with E-state index in [1.165, 1.54) is 0 Å². The van der Waals surface area contributed by atoms with Gasteiger partial charge in [0, 0.05) is 0 Å². The number of nitrogen functional groups attached to an aromatic ring is 2. The Kier molecular flexibility index (Phi) is 3.89. The second-order valence-electron chi connectivity index (χ2n) is 5.63. The van der Waals surface area contributed by atoms with Crippen molar-refractivity contribution in [3.05, 3.63) is 34.3 Å². The number of rotatable bonds is 0. The number of oxazole rings is 1. The monoisotopic (exact) mass is 385 g/mol. The molecule has 5 aromatic rings. The minimum Gasteiger partial charge on any atom is -0.504 e. The van der Waals surface area contributed by atoms with Crippen LogP contribution in [0.25, 0.3) is 31.5 Å². The fourth-order valence-corrected chi connectivity index (χ4v) is 4.27. The normalized spacial score (nSPS) is 11.2. The van der Waals surface area contributed by atoms with Crippen LogP contribution < -0.4 is 11.5 Å². The standard InChI is InChI=1S/C9H7N3OS.C8H8N2OS/c1-4-11-7-6(14-4)3-2-5-8(7)13-9(10)12-5;1-4-10-7-6(12-4)3-2-5(9)8(7)11/h2-3H,1H3,(H2,10,12);2-3,11H,9H2,1H3. The van der Waals surface area contributed by atoms with E-state index in [2.05, 4.69) is 15.0 Å². The van der Waals surface area contributed by atoms with Crippen LogP contribution in [0, 0.1) is 13.8 Å². The van der Waals surface area contributed by atoms with E-state index in [1.807, 2.05) is 32.0 Å². The molecule has 2 aromatic carbocycles. The first-order valence-electron chi connectivity index (χ1n) is 7.69. The van der Waals surface area contributed by atoms with Gasteiger partial charge < -0.3 is 21.0 Å². The summed E-state index contributed by atoms with van der Waals surface area (Å²) in [4.78, 5) is 12.6. The van der Waals surface area contributed by atoms with Crippen LogP contribution in [0.4, 0.5) is 11.7 Å². The highest BCUT2D eigenvalue weighted by atomic mass is 32.1. The molecule has 132 valence electrons. The van der Waals surface area contributed by atoms with Gasteiger partial charge in [0.15, 0.2) is 11.3 Å². The van der Waals surface area contributed by atoms with Crippen molar-refractivity contribution in [1.29, 1.82) is 0 Å². The van der Waals surface area contributed by atoms with E-state index < -0.39 is 0 Å². The number of thiazole rings is 2. The molecular weight excluding hydrogens is 370 g/mol. The van der Waals surface area contributed by atoms with Crippen molar-refractivity contribution in [1.82, 2.24) is 15.0 Å². The third kappa shape index (κ3) is 2.80. The molecule has 3 aromatic heterocycles. The summed E-state index contributed by atoms with van der Waals surface area (Å²) in [5.74, 6) is 0.0943. The number of anilines is 2. The number of phenolic OH excluding ortho intramolecular Hbond substituents is 1. The van der Waals surface area contributed by atoms with Crippen LogP contribution in [0.2, 0.25) is 0 Å². The molecule has 5 rings (SSSR count). The highest BCUT2D eigenvalue weighted by Crippen LogP contribution is 2.33. The maximum absolute atomic E-state index is 9.49. The summed E-state index contributed by atoms with van der Waals surface area (Å²) in [6.07, 6.45) is 0. The summed E-state index contributed by atoms with van der Waals surface area (Å²) in [5, 5.41) is 11.4. The molecule has 9 heteroatoms. The van der Waals surface area contributed by atoms with Crippen molar-refractivity contribution in [3.63, 3.8) is 0 Å². The molecule has 0 unspecified atom stereocenters. The minimum atomic E-state index is 0.0943. The Hall–Kier alpha value is -2.91. The lowest BCUT2D eigenvalue weighted by Gasteiger charge is -1.96. The smallest absolute Gasteiger partial charge is 0.293 e. The third-order valence-electron chi connectivity index (χ3n) is 3.71. The highest BCUT2D eigenvalue weighted by molar-refractivity contribution is 7.18. The van der Waals surface area contributed by atoms with Gasteiger partial charge in [-0.25, -0.2) is 9.97 Å². The van der Waals surface area contributed by atoms with Crippen molar-refractivity contribution in [3.8, 4) is 5.75 Å². The zero-order valence-corrected chi connectivity index (χ0v) is 15.6. The molecule has 0 fully saturated rings. The predicted molar refractivity (Wildman–Crippen MR) is 107 cm³/mol. The molecule has 0 aliphatic heterocycles. The number of phenols is 1. The Morgan fingerprint density at radius 3 is 2.23 bits per heavy atom. The fourth-order valence-electron chi connectivity index (χ4n) is 2.61. The van der Waals surface area contributed by atoms with E-state index >= 15 is 0 Å². The van der Waals surface area contributed by atoms with Crippen LogP contribution >= 0.6 is 22.7 Å².